The van der Waals surface area contributed by atoms with Crippen LogP contribution in [0.3, 0.4) is 0 Å². The summed E-state index contributed by atoms with van der Waals surface area (Å²) in [7, 11) is 1.62. The quantitative estimate of drug-likeness (QED) is 0.635. The number of hydrogen-bond acceptors (Lipinski definition) is 2. The van der Waals surface area contributed by atoms with Crippen molar-refractivity contribution in [3.63, 3.8) is 0 Å². The van der Waals surface area contributed by atoms with Gasteiger partial charge in [0, 0.05) is 12.0 Å². The van der Waals surface area contributed by atoms with E-state index in [-0.39, 0.29) is 5.91 Å². The number of ether oxygens (including phenoxy) is 1. The normalized spacial score (nSPS) is 8.94. The Morgan fingerprint density at radius 3 is 2.78 bits per heavy atom. The molecule has 0 aliphatic carbocycles. The minimum atomic E-state index is -0.000990. The maximum Gasteiger partial charge on any atom is 0.221 e. The maximum atomic E-state index is 11.3. The molecule has 0 aliphatic rings. The van der Waals surface area contributed by atoms with Crippen molar-refractivity contribution in [1.82, 2.24) is 5.32 Å². The van der Waals surface area contributed by atoms with Crippen LogP contribution < -0.4 is 10.1 Å². The molecule has 3 nitrogen and oxygen atoms in total. The highest BCUT2D eigenvalue weighted by Gasteiger charge is 1.95. The molecular weight excluding hydrogens is 226 g/mol. The first kappa shape index (κ1) is 13.9. The number of hydrogen-bond donors (Lipinski definition) is 1. The number of allylic oxidation sites excluding steroid dienone is 1. The number of nitrogens with one attached hydrogen (secondary N) is 1. The predicted octanol–water partition coefficient (Wildman–Crippen LogP) is 2.13. The molecule has 0 saturated carbocycles. The summed E-state index contributed by atoms with van der Waals surface area (Å²) in [6, 6.07) is 7.47. The van der Waals surface area contributed by atoms with E-state index in [1.807, 2.05) is 24.3 Å². The number of methoxy groups -OCH3 is 1. The van der Waals surface area contributed by atoms with Crippen LogP contribution in [0, 0.1) is 11.8 Å². The second kappa shape index (κ2) is 7.97. The van der Waals surface area contributed by atoms with Crippen molar-refractivity contribution in [2.45, 2.75) is 12.8 Å². The molecule has 0 atom stereocenters. The van der Waals surface area contributed by atoms with Crippen LogP contribution in [0.25, 0.3) is 0 Å². The highest BCUT2D eigenvalue weighted by Crippen LogP contribution is 2.09. The van der Waals surface area contributed by atoms with E-state index in [0.717, 1.165) is 11.3 Å². The molecule has 0 aromatic heterocycles. The van der Waals surface area contributed by atoms with Gasteiger partial charge in [0.1, 0.15) is 5.75 Å². The average molecular weight is 243 g/mol. The minimum Gasteiger partial charge on any atom is -0.497 e. The molecule has 18 heavy (non-hydrogen) atoms. The fourth-order valence-electron chi connectivity index (χ4n) is 1.28. The number of carbonyl (C=O) groups excluding carboxylic acids is 1. The molecule has 1 aromatic rings. The number of carbonyl (C=O) groups is 1. The summed E-state index contributed by atoms with van der Waals surface area (Å²) < 4.78 is 5.05. The number of amides is 1. The Balaban J connectivity index is 2.36. The lowest BCUT2D eigenvalue weighted by Gasteiger charge is -1.98. The zero-order chi connectivity index (χ0) is 13.2. The Hall–Kier alpha value is -2.21. The third kappa shape index (κ3) is 5.22. The van der Waals surface area contributed by atoms with Crippen molar-refractivity contribution >= 4 is 5.91 Å². The lowest BCUT2D eigenvalue weighted by atomic mass is 10.2. The number of benzene rings is 1. The van der Waals surface area contributed by atoms with Crippen molar-refractivity contribution in [2.24, 2.45) is 0 Å². The van der Waals surface area contributed by atoms with Crippen LogP contribution in [-0.2, 0) is 4.79 Å². The van der Waals surface area contributed by atoms with Gasteiger partial charge in [0.15, 0.2) is 0 Å². The summed E-state index contributed by atoms with van der Waals surface area (Å²) in [5.74, 6) is 6.67. The van der Waals surface area contributed by atoms with Crippen molar-refractivity contribution < 1.29 is 9.53 Å². The van der Waals surface area contributed by atoms with Gasteiger partial charge in [-0.2, -0.15) is 0 Å². The molecule has 0 bridgehead atoms. The first-order valence-electron chi connectivity index (χ1n) is 5.77. The lowest BCUT2D eigenvalue weighted by Crippen LogP contribution is -2.22. The molecule has 0 spiro atoms. The third-order valence-electron chi connectivity index (χ3n) is 2.27. The van der Waals surface area contributed by atoms with Crippen LogP contribution in [0.4, 0.5) is 0 Å². The summed E-state index contributed by atoms with van der Waals surface area (Å²) in [6.45, 7) is 3.93. The topological polar surface area (TPSA) is 38.3 Å². The number of rotatable bonds is 5. The van der Waals surface area contributed by atoms with E-state index < -0.39 is 0 Å². The van der Waals surface area contributed by atoms with Gasteiger partial charge in [0.2, 0.25) is 5.91 Å². The Kier molecular flexibility index (Phi) is 6.13. The third-order valence-corrected chi connectivity index (χ3v) is 2.27. The second-order valence-corrected chi connectivity index (χ2v) is 3.63. The molecule has 1 amide bonds. The Labute approximate surface area is 108 Å². The molecule has 3 heteroatoms. The van der Waals surface area contributed by atoms with E-state index in [2.05, 4.69) is 23.7 Å². The van der Waals surface area contributed by atoms with Gasteiger partial charge in [-0.25, -0.2) is 0 Å². The van der Waals surface area contributed by atoms with E-state index >= 15 is 0 Å². The fraction of sp³-hybridized carbons (Fsp3) is 0.267. The van der Waals surface area contributed by atoms with E-state index in [1.54, 1.807) is 13.2 Å². The molecular formula is C15H17NO2. The van der Waals surface area contributed by atoms with Gasteiger partial charge in [-0.05, 0) is 30.7 Å². The van der Waals surface area contributed by atoms with Crippen molar-refractivity contribution in [3.8, 4) is 17.6 Å². The largest absolute Gasteiger partial charge is 0.497 e. The van der Waals surface area contributed by atoms with Crippen molar-refractivity contribution in [1.29, 1.82) is 0 Å². The van der Waals surface area contributed by atoms with Crippen LogP contribution >= 0.6 is 0 Å². The summed E-state index contributed by atoms with van der Waals surface area (Å²) in [6.07, 6.45) is 2.88. The summed E-state index contributed by atoms with van der Waals surface area (Å²) >= 11 is 0. The SMILES string of the molecule is C=CCCC(=O)NCC#Cc1ccc(OC)cc1. The van der Waals surface area contributed by atoms with Crippen LogP contribution in [-0.4, -0.2) is 19.6 Å². The highest BCUT2D eigenvalue weighted by molar-refractivity contribution is 5.76. The van der Waals surface area contributed by atoms with E-state index in [0.29, 0.717) is 19.4 Å². The van der Waals surface area contributed by atoms with Crippen molar-refractivity contribution in [3.05, 3.63) is 42.5 Å². The molecule has 0 unspecified atom stereocenters. The molecule has 1 aromatic carbocycles. The zero-order valence-corrected chi connectivity index (χ0v) is 10.5. The highest BCUT2D eigenvalue weighted by atomic mass is 16.5. The van der Waals surface area contributed by atoms with Crippen LogP contribution in [0.5, 0.6) is 5.75 Å². The lowest BCUT2D eigenvalue weighted by molar-refractivity contribution is -0.120. The Bertz CT molecular complexity index is 452. The average Bonchev–Trinajstić information content (AvgIpc) is 2.42. The maximum absolute atomic E-state index is 11.3. The van der Waals surface area contributed by atoms with E-state index in [9.17, 15) is 4.79 Å². The van der Waals surface area contributed by atoms with Crippen LogP contribution in [0.1, 0.15) is 18.4 Å². The van der Waals surface area contributed by atoms with E-state index in [1.165, 1.54) is 0 Å². The van der Waals surface area contributed by atoms with Gasteiger partial charge in [0.25, 0.3) is 0 Å². The second-order valence-electron chi connectivity index (χ2n) is 3.63. The molecule has 94 valence electrons. The minimum absolute atomic E-state index is 0.000990. The van der Waals surface area contributed by atoms with Crippen molar-refractivity contribution in [2.75, 3.05) is 13.7 Å². The fourth-order valence-corrected chi connectivity index (χ4v) is 1.28. The molecule has 0 radical (unpaired) electrons. The standard InChI is InChI=1S/C15H17NO2/c1-3-4-7-15(17)16-12-5-6-13-8-10-14(18-2)11-9-13/h3,8-11H,1,4,7,12H2,2H3,(H,16,17). The van der Waals surface area contributed by atoms with Crippen LogP contribution in [0.2, 0.25) is 0 Å². The molecule has 0 fully saturated rings. The van der Waals surface area contributed by atoms with Gasteiger partial charge < -0.3 is 10.1 Å². The molecule has 1 N–H and O–H groups in total. The molecule has 1 rings (SSSR count). The first-order valence-corrected chi connectivity index (χ1v) is 5.77. The van der Waals surface area contributed by atoms with Gasteiger partial charge in [0.05, 0.1) is 13.7 Å². The van der Waals surface area contributed by atoms with Gasteiger partial charge in [-0.1, -0.05) is 17.9 Å². The summed E-state index contributed by atoms with van der Waals surface area (Å²) in [5.41, 5.74) is 0.899. The monoisotopic (exact) mass is 243 g/mol. The first-order chi connectivity index (χ1) is 8.76. The van der Waals surface area contributed by atoms with Gasteiger partial charge in [-0.15, -0.1) is 6.58 Å². The van der Waals surface area contributed by atoms with Crippen LogP contribution in [0.15, 0.2) is 36.9 Å². The van der Waals surface area contributed by atoms with E-state index in [4.69, 9.17) is 4.74 Å². The Morgan fingerprint density at radius 1 is 1.44 bits per heavy atom. The zero-order valence-electron chi connectivity index (χ0n) is 10.5. The van der Waals surface area contributed by atoms with Gasteiger partial charge >= 0.3 is 0 Å². The van der Waals surface area contributed by atoms with Gasteiger partial charge in [-0.3, -0.25) is 4.79 Å². The Morgan fingerprint density at radius 2 is 2.17 bits per heavy atom. The summed E-state index contributed by atoms with van der Waals surface area (Å²) in [5, 5.41) is 2.73. The smallest absolute Gasteiger partial charge is 0.221 e. The molecule has 0 aliphatic heterocycles. The molecule has 0 saturated heterocycles. The summed E-state index contributed by atoms with van der Waals surface area (Å²) in [4.78, 5) is 11.3. The molecule has 0 heterocycles. The predicted molar refractivity (Wildman–Crippen MR) is 72.3 cm³/mol.